The van der Waals surface area contributed by atoms with Crippen molar-refractivity contribution in [2.45, 2.75) is 31.2 Å². The summed E-state index contributed by atoms with van der Waals surface area (Å²) < 4.78 is 5.42. The topological polar surface area (TPSA) is 96.5 Å². The molecule has 7 nitrogen and oxygen atoms in total. The van der Waals surface area contributed by atoms with Crippen LogP contribution < -0.4 is 20.7 Å². The Kier molecular flexibility index (Phi) is 5.87. The van der Waals surface area contributed by atoms with Crippen LogP contribution in [0.5, 0.6) is 5.75 Å². The monoisotopic (exact) mass is 435 g/mol. The van der Waals surface area contributed by atoms with Crippen LogP contribution in [0.3, 0.4) is 0 Å². The van der Waals surface area contributed by atoms with Crippen LogP contribution in [0.15, 0.2) is 36.4 Å². The number of hydrogen-bond acceptors (Lipinski definition) is 6. The third kappa shape index (κ3) is 4.52. The van der Waals surface area contributed by atoms with Gasteiger partial charge < -0.3 is 15.4 Å². The number of rotatable bonds is 4. The molecule has 0 bridgehead atoms. The zero-order chi connectivity index (χ0) is 22.0. The Balaban J connectivity index is 1.55. The normalized spacial score (nSPS) is 19.5. The first-order valence-corrected chi connectivity index (χ1v) is 10.7. The lowest BCUT2D eigenvalue weighted by Gasteiger charge is -2.26. The first-order chi connectivity index (χ1) is 14.9. The molecule has 2 aliphatic heterocycles. The number of ether oxygens (including phenoxy) is 1. The Bertz CT molecular complexity index is 1140. The summed E-state index contributed by atoms with van der Waals surface area (Å²) in [6, 6.07) is 11.2. The van der Waals surface area contributed by atoms with E-state index in [9.17, 15) is 14.4 Å². The van der Waals surface area contributed by atoms with E-state index in [4.69, 9.17) is 4.74 Å². The van der Waals surface area contributed by atoms with Gasteiger partial charge in [-0.3, -0.25) is 19.7 Å². The third-order valence-electron chi connectivity index (χ3n) is 5.05. The van der Waals surface area contributed by atoms with E-state index in [1.54, 1.807) is 7.11 Å². The average molecular weight is 436 g/mol. The molecule has 2 unspecified atom stereocenters. The lowest BCUT2D eigenvalue weighted by atomic mass is 9.99. The van der Waals surface area contributed by atoms with E-state index < -0.39 is 5.25 Å². The van der Waals surface area contributed by atoms with Gasteiger partial charge in [-0.25, -0.2) is 0 Å². The fourth-order valence-electron chi connectivity index (χ4n) is 3.63. The Labute approximate surface area is 184 Å². The quantitative estimate of drug-likeness (QED) is 0.639. The molecule has 2 heterocycles. The second-order valence-electron chi connectivity index (χ2n) is 7.28. The van der Waals surface area contributed by atoms with E-state index in [1.807, 2.05) is 43.3 Å². The maximum Gasteiger partial charge on any atom is 0.286 e. The number of thioether (sulfide) groups is 1. The van der Waals surface area contributed by atoms with Crippen molar-refractivity contribution in [2.24, 2.45) is 0 Å². The predicted octanol–water partition coefficient (Wildman–Crippen LogP) is 2.68. The molecule has 1 fully saturated rings. The summed E-state index contributed by atoms with van der Waals surface area (Å²) in [7, 11) is 1.57. The standard InChI is InChI=1S/C23H21N3O4S/c1-13-24-17-8-4-6-15(20(17)22(28)25-13)5-3-7-16-11-14(9-10-18(16)30-2)12-19-21(27)26-23(29)31-19/h4,6,8-11,13,19,24H,5,12H2,1-2H3,(H,25,28)(H,26,27,29). The van der Waals surface area contributed by atoms with Gasteiger partial charge in [-0.1, -0.05) is 41.8 Å². The number of carbonyl (C=O) groups is 3. The van der Waals surface area contributed by atoms with Crippen molar-refractivity contribution >= 4 is 34.5 Å². The second-order valence-corrected chi connectivity index (χ2v) is 8.46. The second kappa shape index (κ2) is 8.74. The summed E-state index contributed by atoms with van der Waals surface area (Å²) in [6.07, 6.45) is 0.704. The highest BCUT2D eigenvalue weighted by molar-refractivity contribution is 8.15. The average Bonchev–Trinajstić information content (AvgIpc) is 3.04. The molecule has 3 amide bonds. The van der Waals surface area contributed by atoms with Gasteiger partial charge in [-0.2, -0.15) is 0 Å². The Hall–Kier alpha value is -3.44. The van der Waals surface area contributed by atoms with Crippen LogP contribution in [0.25, 0.3) is 0 Å². The van der Waals surface area contributed by atoms with Crippen LogP contribution in [-0.2, 0) is 17.6 Å². The van der Waals surface area contributed by atoms with Crippen LogP contribution in [0, 0.1) is 11.8 Å². The molecule has 2 aromatic carbocycles. The molecule has 158 valence electrons. The summed E-state index contributed by atoms with van der Waals surface area (Å²) in [5.74, 6) is 6.51. The fourth-order valence-corrected chi connectivity index (χ4v) is 4.49. The minimum absolute atomic E-state index is 0.111. The lowest BCUT2D eigenvalue weighted by molar-refractivity contribution is -0.118. The van der Waals surface area contributed by atoms with Crippen LogP contribution in [-0.4, -0.2) is 35.6 Å². The third-order valence-corrected chi connectivity index (χ3v) is 6.03. The van der Waals surface area contributed by atoms with Gasteiger partial charge in [-0.05, 0) is 42.7 Å². The van der Waals surface area contributed by atoms with Crippen molar-refractivity contribution in [3.05, 3.63) is 58.7 Å². The van der Waals surface area contributed by atoms with Gasteiger partial charge in [0.2, 0.25) is 5.91 Å². The SMILES string of the molecule is COc1ccc(CC2SC(=O)NC2=O)cc1C#CCc1cccc2c1C(=O)NC(C)N2. The van der Waals surface area contributed by atoms with Crippen LogP contribution in [0.2, 0.25) is 0 Å². The van der Waals surface area contributed by atoms with Crippen molar-refractivity contribution in [1.29, 1.82) is 0 Å². The molecule has 0 radical (unpaired) electrons. The summed E-state index contributed by atoms with van der Waals surface area (Å²) >= 11 is 1.00. The highest BCUT2D eigenvalue weighted by atomic mass is 32.2. The largest absolute Gasteiger partial charge is 0.495 e. The molecule has 0 aliphatic carbocycles. The first kappa shape index (κ1) is 20.8. The van der Waals surface area contributed by atoms with Gasteiger partial charge in [-0.15, -0.1) is 0 Å². The van der Waals surface area contributed by atoms with Gasteiger partial charge in [0.25, 0.3) is 11.1 Å². The number of hydrogen-bond donors (Lipinski definition) is 3. The van der Waals surface area contributed by atoms with E-state index in [-0.39, 0.29) is 23.2 Å². The summed E-state index contributed by atoms with van der Waals surface area (Å²) in [5, 5.41) is 7.67. The number of imide groups is 1. The van der Waals surface area contributed by atoms with Gasteiger partial charge >= 0.3 is 0 Å². The van der Waals surface area contributed by atoms with E-state index in [0.29, 0.717) is 29.7 Å². The first-order valence-electron chi connectivity index (χ1n) is 9.81. The van der Waals surface area contributed by atoms with E-state index >= 15 is 0 Å². The van der Waals surface area contributed by atoms with Crippen LogP contribution in [0.1, 0.15) is 34.0 Å². The van der Waals surface area contributed by atoms with Crippen LogP contribution in [0.4, 0.5) is 10.5 Å². The van der Waals surface area contributed by atoms with Crippen LogP contribution >= 0.6 is 11.8 Å². The molecule has 3 N–H and O–H groups in total. The van der Waals surface area contributed by atoms with Crippen molar-refractivity contribution in [3.63, 3.8) is 0 Å². The van der Waals surface area contributed by atoms with E-state index in [0.717, 1.165) is 28.6 Å². The molecular weight excluding hydrogens is 414 g/mol. The highest BCUT2D eigenvalue weighted by Crippen LogP contribution is 2.26. The summed E-state index contributed by atoms with van der Waals surface area (Å²) in [6.45, 7) is 1.89. The number of methoxy groups -OCH3 is 1. The maximum atomic E-state index is 12.4. The minimum Gasteiger partial charge on any atom is -0.495 e. The van der Waals surface area contributed by atoms with E-state index in [2.05, 4.69) is 27.8 Å². The number of anilines is 1. The Morgan fingerprint density at radius 3 is 2.71 bits per heavy atom. The molecule has 8 heteroatoms. The summed E-state index contributed by atoms with van der Waals surface area (Å²) in [4.78, 5) is 35.7. The van der Waals surface area contributed by atoms with E-state index in [1.165, 1.54) is 0 Å². The van der Waals surface area contributed by atoms with Crippen molar-refractivity contribution < 1.29 is 19.1 Å². The maximum absolute atomic E-state index is 12.4. The zero-order valence-corrected chi connectivity index (χ0v) is 17.9. The summed E-state index contributed by atoms with van der Waals surface area (Å²) in [5.41, 5.74) is 3.84. The molecule has 0 saturated carbocycles. The predicted molar refractivity (Wildman–Crippen MR) is 119 cm³/mol. The number of nitrogens with one attached hydrogen (secondary N) is 3. The van der Waals surface area contributed by atoms with Gasteiger partial charge in [0.15, 0.2) is 0 Å². The number of amides is 3. The Morgan fingerprint density at radius 2 is 1.97 bits per heavy atom. The number of fused-ring (bicyclic) bond motifs is 1. The van der Waals surface area contributed by atoms with Crippen molar-refractivity contribution in [2.75, 3.05) is 12.4 Å². The van der Waals surface area contributed by atoms with Gasteiger partial charge in [0.1, 0.15) is 5.75 Å². The molecule has 0 aromatic heterocycles. The molecule has 4 rings (SSSR count). The highest BCUT2D eigenvalue weighted by Gasteiger charge is 2.31. The van der Waals surface area contributed by atoms with Gasteiger partial charge in [0.05, 0.1) is 29.7 Å². The number of carbonyl (C=O) groups excluding carboxylic acids is 3. The van der Waals surface area contributed by atoms with Gasteiger partial charge in [0, 0.05) is 12.1 Å². The number of benzene rings is 2. The van der Waals surface area contributed by atoms with Crippen molar-refractivity contribution in [1.82, 2.24) is 10.6 Å². The molecule has 1 saturated heterocycles. The molecular formula is C23H21N3O4S. The molecule has 2 atom stereocenters. The lowest BCUT2D eigenvalue weighted by Crippen LogP contribution is -2.43. The zero-order valence-electron chi connectivity index (χ0n) is 17.1. The molecule has 2 aliphatic rings. The fraction of sp³-hybridized carbons (Fsp3) is 0.261. The molecule has 2 aromatic rings. The Morgan fingerprint density at radius 1 is 1.13 bits per heavy atom. The molecule has 0 spiro atoms. The smallest absolute Gasteiger partial charge is 0.286 e. The minimum atomic E-state index is -0.439. The van der Waals surface area contributed by atoms with Crippen molar-refractivity contribution in [3.8, 4) is 17.6 Å². The molecule has 31 heavy (non-hydrogen) atoms.